The van der Waals surface area contributed by atoms with Crippen LogP contribution in [0, 0.1) is 0 Å². The van der Waals surface area contributed by atoms with E-state index >= 15 is 0 Å². The zero-order valence-electron chi connectivity index (χ0n) is 12.7. The maximum Gasteiger partial charge on any atom is 0.0555 e. The Morgan fingerprint density at radius 2 is 1.86 bits per heavy atom. The van der Waals surface area contributed by atoms with Gasteiger partial charge in [-0.3, -0.25) is 0 Å². The molecule has 0 aliphatic heterocycles. The molecule has 0 aromatic heterocycles. The Kier molecular flexibility index (Phi) is 5.83. The van der Waals surface area contributed by atoms with Gasteiger partial charge in [0.2, 0.25) is 0 Å². The molecule has 3 heteroatoms. The molecule has 0 fully saturated rings. The van der Waals surface area contributed by atoms with E-state index in [1.54, 1.807) is 0 Å². The fraction of sp³-hybridized carbons (Fsp3) is 0.333. The molecule has 2 aromatic carbocycles. The van der Waals surface area contributed by atoms with Gasteiger partial charge in [-0.25, -0.2) is 0 Å². The smallest absolute Gasteiger partial charge is 0.0555 e. The second-order valence-electron chi connectivity index (χ2n) is 5.34. The molecule has 1 atom stereocenters. The highest BCUT2D eigenvalue weighted by atomic mass is 79.9. The van der Waals surface area contributed by atoms with Gasteiger partial charge in [0.25, 0.3) is 0 Å². The third-order valence-corrected chi connectivity index (χ3v) is 4.23. The Morgan fingerprint density at radius 1 is 1.14 bits per heavy atom. The van der Waals surface area contributed by atoms with Crippen LogP contribution in [-0.2, 0) is 0 Å². The van der Waals surface area contributed by atoms with Crippen LogP contribution in [-0.4, -0.2) is 6.54 Å². The van der Waals surface area contributed by atoms with Crippen molar-refractivity contribution in [2.75, 3.05) is 11.4 Å². The summed E-state index contributed by atoms with van der Waals surface area (Å²) in [4.78, 5) is 2.36. The first-order chi connectivity index (χ1) is 10.1. The van der Waals surface area contributed by atoms with E-state index in [-0.39, 0.29) is 6.04 Å². The average molecular weight is 347 g/mol. The highest BCUT2D eigenvalue weighted by Crippen LogP contribution is 2.34. The third kappa shape index (κ3) is 4.08. The van der Waals surface area contributed by atoms with Crippen LogP contribution in [0.15, 0.2) is 53.0 Å². The van der Waals surface area contributed by atoms with Crippen molar-refractivity contribution in [1.82, 2.24) is 0 Å². The molecule has 0 aliphatic carbocycles. The molecular weight excluding hydrogens is 324 g/mol. The molecule has 2 rings (SSSR count). The van der Waals surface area contributed by atoms with Gasteiger partial charge >= 0.3 is 0 Å². The lowest BCUT2D eigenvalue weighted by molar-refractivity contribution is 0.783. The summed E-state index contributed by atoms with van der Waals surface area (Å²) >= 11 is 3.71. The summed E-state index contributed by atoms with van der Waals surface area (Å²) in [5.74, 6) is 0. The standard InChI is InChI=1S/C18H23BrN2/c1-3-4-12-21(16-8-6-5-7-9-16)18-11-10-15(14(2)20)13-17(18)19/h5-11,13-14H,3-4,12,20H2,1-2H3. The number of anilines is 2. The van der Waals surface area contributed by atoms with Gasteiger partial charge in [-0.2, -0.15) is 0 Å². The van der Waals surface area contributed by atoms with E-state index in [9.17, 15) is 0 Å². The molecule has 2 aromatic rings. The first-order valence-corrected chi connectivity index (χ1v) is 8.30. The number of para-hydroxylation sites is 1. The van der Waals surface area contributed by atoms with Gasteiger partial charge in [0.1, 0.15) is 0 Å². The Morgan fingerprint density at radius 3 is 2.43 bits per heavy atom. The van der Waals surface area contributed by atoms with Crippen molar-refractivity contribution >= 4 is 27.3 Å². The number of benzene rings is 2. The Labute approximate surface area is 136 Å². The molecule has 0 bridgehead atoms. The first kappa shape index (κ1) is 16.1. The maximum atomic E-state index is 5.97. The lowest BCUT2D eigenvalue weighted by Gasteiger charge is -2.26. The molecule has 0 aliphatic rings. The summed E-state index contributed by atoms with van der Waals surface area (Å²) in [6.07, 6.45) is 2.34. The summed E-state index contributed by atoms with van der Waals surface area (Å²) in [6, 6.07) is 17.0. The number of rotatable bonds is 6. The largest absolute Gasteiger partial charge is 0.341 e. The van der Waals surface area contributed by atoms with Gasteiger partial charge in [0, 0.05) is 22.7 Å². The second kappa shape index (κ2) is 7.62. The molecule has 2 nitrogen and oxygen atoms in total. The molecule has 0 heterocycles. The summed E-state index contributed by atoms with van der Waals surface area (Å²) in [5, 5.41) is 0. The van der Waals surface area contributed by atoms with E-state index in [0.717, 1.165) is 23.0 Å². The number of unbranched alkanes of at least 4 members (excludes halogenated alkanes) is 1. The minimum absolute atomic E-state index is 0.0520. The quantitative estimate of drug-likeness (QED) is 0.757. The van der Waals surface area contributed by atoms with E-state index in [0.29, 0.717) is 0 Å². The topological polar surface area (TPSA) is 29.3 Å². The predicted molar refractivity (Wildman–Crippen MR) is 95.1 cm³/mol. The fourth-order valence-electron chi connectivity index (χ4n) is 2.34. The Bertz CT molecular complexity index is 567. The number of nitrogens with zero attached hydrogens (tertiary/aromatic N) is 1. The van der Waals surface area contributed by atoms with Crippen LogP contribution in [0.4, 0.5) is 11.4 Å². The third-order valence-electron chi connectivity index (χ3n) is 3.59. The highest BCUT2D eigenvalue weighted by Gasteiger charge is 2.13. The molecule has 0 spiro atoms. The molecule has 2 N–H and O–H groups in total. The van der Waals surface area contributed by atoms with Crippen LogP contribution in [0.25, 0.3) is 0 Å². The van der Waals surface area contributed by atoms with Crippen molar-refractivity contribution in [2.45, 2.75) is 32.7 Å². The number of halogens is 1. The minimum atomic E-state index is 0.0520. The van der Waals surface area contributed by atoms with Crippen LogP contribution in [0.2, 0.25) is 0 Å². The van der Waals surface area contributed by atoms with Gasteiger partial charge < -0.3 is 10.6 Å². The molecule has 0 saturated heterocycles. The van der Waals surface area contributed by atoms with Crippen LogP contribution in [0.5, 0.6) is 0 Å². The van der Waals surface area contributed by atoms with Crippen LogP contribution >= 0.6 is 15.9 Å². The zero-order chi connectivity index (χ0) is 15.2. The van der Waals surface area contributed by atoms with Crippen molar-refractivity contribution in [1.29, 1.82) is 0 Å². The van der Waals surface area contributed by atoms with E-state index < -0.39 is 0 Å². The van der Waals surface area contributed by atoms with E-state index in [4.69, 9.17) is 5.73 Å². The van der Waals surface area contributed by atoms with Crippen LogP contribution < -0.4 is 10.6 Å². The Balaban J connectivity index is 2.37. The van der Waals surface area contributed by atoms with Gasteiger partial charge in [0.15, 0.2) is 0 Å². The van der Waals surface area contributed by atoms with E-state index in [2.05, 4.69) is 76.3 Å². The first-order valence-electron chi connectivity index (χ1n) is 7.51. The van der Waals surface area contributed by atoms with Gasteiger partial charge in [0.05, 0.1) is 5.69 Å². The van der Waals surface area contributed by atoms with Crippen LogP contribution in [0.3, 0.4) is 0 Å². The molecule has 0 amide bonds. The summed E-state index contributed by atoms with van der Waals surface area (Å²) in [6.45, 7) is 5.24. The number of nitrogens with two attached hydrogens (primary N) is 1. The minimum Gasteiger partial charge on any atom is -0.341 e. The van der Waals surface area contributed by atoms with E-state index in [1.807, 2.05) is 6.92 Å². The van der Waals surface area contributed by atoms with Gasteiger partial charge in [-0.1, -0.05) is 37.6 Å². The zero-order valence-corrected chi connectivity index (χ0v) is 14.3. The normalized spacial score (nSPS) is 12.2. The molecule has 112 valence electrons. The maximum absolute atomic E-state index is 5.97. The monoisotopic (exact) mass is 346 g/mol. The fourth-order valence-corrected chi connectivity index (χ4v) is 2.95. The van der Waals surface area contributed by atoms with Crippen molar-refractivity contribution in [2.24, 2.45) is 5.73 Å². The van der Waals surface area contributed by atoms with Crippen molar-refractivity contribution in [3.05, 3.63) is 58.6 Å². The molecule has 1 unspecified atom stereocenters. The van der Waals surface area contributed by atoms with Crippen LogP contribution in [0.1, 0.15) is 38.3 Å². The summed E-state index contributed by atoms with van der Waals surface area (Å²) < 4.78 is 1.09. The highest BCUT2D eigenvalue weighted by molar-refractivity contribution is 9.10. The van der Waals surface area contributed by atoms with Gasteiger partial charge in [-0.05, 0) is 59.1 Å². The predicted octanol–water partition coefficient (Wildman–Crippen LogP) is 5.41. The number of hydrogen-bond donors (Lipinski definition) is 1. The van der Waals surface area contributed by atoms with Gasteiger partial charge in [-0.15, -0.1) is 0 Å². The second-order valence-corrected chi connectivity index (χ2v) is 6.19. The van der Waals surface area contributed by atoms with Crippen molar-refractivity contribution in [3.63, 3.8) is 0 Å². The molecular formula is C18H23BrN2. The average Bonchev–Trinajstić information content (AvgIpc) is 2.50. The van der Waals surface area contributed by atoms with Crippen molar-refractivity contribution in [3.8, 4) is 0 Å². The lowest BCUT2D eigenvalue weighted by Crippen LogP contribution is -2.19. The Hall–Kier alpha value is -1.32. The number of hydrogen-bond acceptors (Lipinski definition) is 2. The molecule has 21 heavy (non-hydrogen) atoms. The van der Waals surface area contributed by atoms with E-state index in [1.165, 1.54) is 17.8 Å². The summed E-state index contributed by atoms with van der Waals surface area (Å²) in [7, 11) is 0. The van der Waals surface area contributed by atoms with Crippen molar-refractivity contribution < 1.29 is 0 Å². The molecule has 0 radical (unpaired) electrons. The summed E-state index contributed by atoms with van der Waals surface area (Å²) in [5.41, 5.74) is 9.53. The lowest BCUT2D eigenvalue weighted by atomic mass is 10.1. The molecule has 0 saturated carbocycles. The SMILES string of the molecule is CCCCN(c1ccccc1)c1ccc(C(C)N)cc1Br.